The summed E-state index contributed by atoms with van der Waals surface area (Å²) in [6.07, 6.45) is 1.91. The summed E-state index contributed by atoms with van der Waals surface area (Å²) in [7, 11) is 1.71. The smallest absolute Gasteiger partial charge is 0.0829 e. The molecule has 0 aliphatic rings. The van der Waals surface area contributed by atoms with E-state index >= 15 is 0 Å². The number of nitrogens with one attached hydrogen (secondary N) is 1. The van der Waals surface area contributed by atoms with E-state index in [4.69, 9.17) is 10.6 Å². The van der Waals surface area contributed by atoms with Crippen molar-refractivity contribution in [2.45, 2.75) is 38.6 Å². The fourth-order valence-corrected chi connectivity index (χ4v) is 2.47. The van der Waals surface area contributed by atoms with E-state index in [0.717, 1.165) is 30.0 Å². The van der Waals surface area contributed by atoms with Crippen LogP contribution in [0.2, 0.25) is 0 Å². The Morgan fingerprint density at radius 1 is 1.50 bits per heavy atom. The van der Waals surface area contributed by atoms with Crippen molar-refractivity contribution in [2.75, 3.05) is 13.7 Å². The van der Waals surface area contributed by atoms with Crippen LogP contribution >= 0.6 is 11.5 Å². The normalized spacial score (nSPS) is 13.3. The first-order valence-electron chi connectivity index (χ1n) is 5.47. The minimum absolute atomic E-state index is 0.132. The molecule has 0 saturated heterocycles. The topological polar surface area (TPSA) is 73.1 Å². The average molecular weight is 244 g/mol. The maximum Gasteiger partial charge on any atom is 0.0829 e. The van der Waals surface area contributed by atoms with Crippen LogP contribution in [0.1, 0.15) is 49.2 Å². The summed E-state index contributed by atoms with van der Waals surface area (Å²) < 4.78 is 9.04. The lowest BCUT2D eigenvalue weighted by Crippen LogP contribution is -2.28. The van der Waals surface area contributed by atoms with Crippen LogP contribution in [0.4, 0.5) is 0 Å². The van der Waals surface area contributed by atoms with Crippen molar-refractivity contribution < 1.29 is 4.74 Å². The molecule has 1 unspecified atom stereocenters. The Labute approximate surface area is 101 Å². The highest BCUT2D eigenvalue weighted by Crippen LogP contribution is 2.28. The van der Waals surface area contributed by atoms with Crippen molar-refractivity contribution in [1.29, 1.82) is 0 Å². The fraction of sp³-hybridized carbons (Fsp3) is 0.800. The van der Waals surface area contributed by atoms with Crippen LogP contribution in [-0.2, 0) is 4.74 Å². The highest BCUT2D eigenvalue weighted by Gasteiger charge is 2.19. The van der Waals surface area contributed by atoms with E-state index in [1.54, 1.807) is 7.11 Å². The highest BCUT2D eigenvalue weighted by atomic mass is 32.1. The zero-order chi connectivity index (χ0) is 12.0. The predicted octanol–water partition coefficient (Wildman–Crippen LogP) is 1.59. The Morgan fingerprint density at radius 3 is 2.81 bits per heavy atom. The summed E-state index contributed by atoms with van der Waals surface area (Å²) in [5.74, 6) is 5.96. The summed E-state index contributed by atoms with van der Waals surface area (Å²) in [6, 6.07) is 0.132. The SMILES string of the molecule is COCCCC(NN)c1snnc1C(C)C. The third-order valence-corrected chi connectivity index (χ3v) is 3.30. The molecule has 1 rings (SSSR count). The summed E-state index contributed by atoms with van der Waals surface area (Å²) in [6.45, 7) is 4.98. The van der Waals surface area contributed by atoms with Gasteiger partial charge in [0.15, 0.2) is 0 Å². The third-order valence-electron chi connectivity index (χ3n) is 2.45. The van der Waals surface area contributed by atoms with E-state index in [0.29, 0.717) is 5.92 Å². The van der Waals surface area contributed by atoms with Gasteiger partial charge >= 0.3 is 0 Å². The summed E-state index contributed by atoms with van der Waals surface area (Å²) in [5.41, 5.74) is 3.88. The lowest BCUT2D eigenvalue weighted by atomic mass is 10.0. The molecule has 0 spiro atoms. The number of methoxy groups -OCH3 is 1. The third kappa shape index (κ3) is 3.48. The Bertz CT molecular complexity index is 303. The van der Waals surface area contributed by atoms with Gasteiger partial charge < -0.3 is 4.74 Å². The van der Waals surface area contributed by atoms with Gasteiger partial charge in [0.2, 0.25) is 0 Å². The molecule has 3 N–H and O–H groups in total. The van der Waals surface area contributed by atoms with Gasteiger partial charge in [-0.1, -0.05) is 18.3 Å². The van der Waals surface area contributed by atoms with Gasteiger partial charge in [0.1, 0.15) is 0 Å². The Morgan fingerprint density at radius 2 is 2.25 bits per heavy atom. The quantitative estimate of drug-likeness (QED) is 0.433. The van der Waals surface area contributed by atoms with Gasteiger partial charge in [-0.2, -0.15) is 0 Å². The van der Waals surface area contributed by atoms with Gasteiger partial charge in [0, 0.05) is 13.7 Å². The molecule has 1 aromatic rings. The van der Waals surface area contributed by atoms with E-state index in [1.165, 1.54) is 11.5 Å². The maximum atomic E-state index is 5.58. The van der Waals surface area contributed by atoms with Crippen molar-refractivity contribution in [3.8, 4) is 0 Å². The molecule has 0 fully saturated rings. The van der Waals surface area contributed by atoms with Gasteiger partial charge in [-0.3, -0.25) is 11.3 Å². The molecular weight excluding hydrogens is 224 g/mol. The van der Waals surface area contributed by atoms with Crippen LogP contribution in [-0.4, -0.2) is 23.3 Å². The largest absolute Gasteiger partial charge is 0.385 e. The lowest BCUT2D eigenvalue weighted by Gasteiger charge is -2.15. The number of hydrogen-bond acceptors (Lipinski definition) is 6. The summed E-state index contributed by atoms with van der Waals surface area (Å²) in [4.78, 5) is 1.15. The lowest BCUT2D eigenvalue weighted by molar-refractivity contribution is 0.189. The molecule has 16 heavy (non-hydrogen) atoms. The van der Waals surface area contributed by atoms with Crippen molar-refractivity contribution in [1.82, 2.24) is 15.0 Å². The second-order valence-electron chi connectivity index (χ2n) is 4.03. The molecule has 0 aliphatic heterocycles. The second kappa shape index (κ2) is 6.90. The number of hydrazine groups is 1. The van der Waals surface area contributed by atoms with E-state index in [2.05, 4.69) is 28.9 Å². The van der Waals surface area contributed by atoms with Crippen LogP contribution < -0.4 is 11.3 Å². The number of nitrogens with two attached hydrogens (primary N) is 1. The molecule has 1 heterocycles. The Kier molecular flexibility index (Phi) is 5.83. The standard InChI is InChI=1S/C10H20N4OS/c1-7(2)9-10(16-14-13-9)8(12-11)5-4-6-15-3/h7-8,12H,4-6,11H2,1-3H3. The first-order chi connectivity index (χ1) is 7.70. The van der Waals surface area contributed by atoms with Crippen LogP contribution in [0.3, 0.4) is 0 Å². The molecule has 0 saturated carbocycles. The predicted molar refractivity (Wildman–Crippen MR) is 65.2 cm³/mol. The summed E-state index contributed by atoms with van der Waals surface area (Å²) >= 11 is 1.42. The fourth-order valence-electron chi connectivity index (χ4n) is 1.57. The molecular formula is C10H20N4OS. The number of ether oxygens (including phenoxy) is 1. The minimum Gasteiger partial charge on any atom is -0.385 e. The van der Waals surface area contributed by atoms with E-state index in [-0.39, 0.29) is 6.04 Å². The van der Waals surface area contributed by atoms with Gasteiger partial charge in [0.05, 0.1) is 16.6 Å². The molecule has 5 nitrogen and oxygen atoms in total. The van der Waals surface area contributed by atoms with Crippen molar-refractivity contribution >= 4 is 11.5 Å². The summed E-state index contributed by atoms with van der Waals surface area (Å²) in [5, 5.41) is 4.15. The van der Waals surface area contributed by atoms with Gasteiger partial charge in [-0.05, 0) is 30.3 Å². The molecule has 1 aromatic heterocycles. The number of nitrogens with zero attached hydrogens (tertiary/aromatic N) is 2. The van der Waals surface area contributed by atoms with Crippen molar-refractivity contribution in [3.05, 3.63) is 10.6 Å². The number of hydrogen-bond donors (Lipinski definition) is 2. The molecule has 0 aromatic carbocycles. The molecule has 0 radical (unpaired) electrons. The van der Waals surface area contributed by atoms with Gasteiger partial charge in [-0.25, -0.2) is 0 Å². The first kappa shape index (κ1) is 13.5. The molecule has 6 heteroatoms. The zero-order valence-electron chi connectivity index (χ0n) is 10.1. The minimum atomic E-state index is 0.132. The highest BCUT2D eigenvalue weighted by molar-refractivity contribution is 7.05. The average Bonchev–Trinajstić information content (AvgIpc) is 2.73. The van der Waals surface area contributed by atoms with Crippen LogP contribution in [0, 0.1) is 0 Å². The number of rotatable bonds is 7. The van der Waals surface area contributed by atoms with E-state index in [9.17, 15) is 0 Å². The van der Waals surface area contributed by atoms with Crippen molar-refractivity contribution in [3.63, 3.8) is 0 Å². The molecule has 92 valence electrons. The maximum absolute atomic E-state index is 5.58. The zero-order valence-corrected chi connectivity index (χ0v) is 10.9. The molecule has 0 aliphatic carbocycles. The molecule has 1 atom stereocenters. The van der Waals surface area contributed by atoms with Gasteiger partial charge in [0.25, 0.3) is 0 Å². The number of aromatic nitrogens is 2. The Hall–Kier alpha value is -0.560. The van der Waals surface area contributed by atoms with Crippen LogP contribution in [0.15, 0.2) is 0 Å². The second-order valence-corrected chi connectivity index (χ2v) is 4.82. The first-order valence-corrected chi connectivity index (χ1v) is 6.25. The molecule has 0 amide bonds. The Balaban J connectivity index is 2.66. The van der Waals surface area contributed by atoms with Crippen LogP contribution in [0.25, 0.3) is 0 Å². The van der Waals surface area contributed by atoms with E-state index in [1.807, 2.05) is 0 Å². The molecule has 0 bridgehead atoms. The van der Waals surface area contributed by atoms with Crippen molar-refractivity contribution in [2.24, 2.45) is 5.84 Å². The van der Waals surface area contributed by atoms with Crippen LogP contribution in [0.5, 0.6) is 0 Å². The van der Waals surface area contributed by atoms with Gasteiger partial charge in [-0.15, -0.1) is 5.10 Å². The monoisotopic (exact) mass is 244 g/mol. The van der Waals surface area contributed by atoms with E-state index < -0.39 is 0 Å².